The van der Waals surface area contributed by atoms with E-state index in [0.29, 0.717) is 6.42 Å². The van der Waals surface area contributed by atoms with Crippen LogP contribution in [0.1, 0.15) is 78.2 Å². The highest BCUT2D eigenvalue weighted by Crippen LogP contribution is 2.19. The second kappa shape index (κ2) is 15.1. The predicted molar refractivity (Wildman–Crippen MR) is 115 cm³/mol. The SMILES string of the molecule is CCCC[N+](CCCC)(CCCC)Cc1ccccc1.CCCS(=O)(=O)[O-]. The Balaban J connectivity index is 0.000000821. The molecule has 0 saturated carbocycles. The third-order valence-corrected chi connectivity index (χ3v) is 5.68. The third kappa shape index (κ3) is 13.8. The Kier molecular flexibility index (Phi) is 14.6. The average Bonchev–Trinajstić information content (AvgIpc) is 2.63. The van der Waals surface area contributed by atoms with Crippen molar-refractivity contribution in [3.63, 3.8) is 0 Å². The van der Waals surface area contributed by atoms with Crippen molar-refractivity contribution in [3.05, 3.63) is 35.9 Å². The standard InChI is InChI=1S/C19H34N.C3H8O3S/c1-4-7-15-20(16-8-5-2,17-9-6-3)18-19-13-11-10-12-14-19;1-2-3-7(4,5)6/h10-14H,4-9,15-18H2,1-3H3;2-3H2,1H3,(H,4,5,6)/q+1;/p-1. The molecule has 0 atom stereocenters. The van der Waals surface area contributed by atoms with Gasteiger partial charge in [0.05, 0.1) is 29.8 Å². The highest BCUT2D eigenvalue weighted by molar-refractivity contribution is 7.85. The van der Waals surface area contributed by atoms with E-state index in [9.17, 15) is 13.0 Å². The first-order valence-corrected chi connectivity index (χ1v) is 12.2. The summed E-state index contributed by atoms with van der Waals surface area (Å²) in [6, 6.07) is 11.1. The molecule has 5 heteroatoms. The van der Waals surface area contributed by atoms with Gasteiger partial charge < -0.3 is 9.04 Å². The topological polar surface area (TPSA) is 57.2 Å². The number of rotatable bonds is 13. The molecule has 0 saturated heterocycles. The summed E-state index contributed by atoms with van der Waals surface area (Å²) in [5.41, 5.74) is 1.51. The van der Waals surface area contributed by atoms with Crippen LogP contribution in [0.3, 0.4) is 0 Å². The highest BCUT2D eigenvalue weighted by atomic mass is 32.2. The van der Waals surface area contributed by atoms with Crippen LogP contribution in [-0.2, 0) is 16.7 Å². The first-order valence-electron chi connectivity index (χ1n) is 10.6. The molecule has 0 heterocycles. The lowest BCUT2D eigenvalue weighted by atomic mass is 10.1. The molecule has 0 aliphatic heterocycles. The molecule has 0 bridgehead atoms. The molecule has 27 heavy (non-hydrogen) atoms. The van der Waals surface area contributed by atoms with Gasteiger partial charge in [0.25, 0.3) is 0 Å². The summed E-state index contributed by atoms with van der Waals surface area (Å²) >= 11 is 0. The van der Waals surface area contributed by atoms with Gasteiger partial charge >= 0.3 is 0 Å². The summed E-state index contributed by atoms with van der Waals surface area (Å²) in [6.45, 7) is 13.9. The zero-order valence-corrected chi connectivity index (χ0v) is 18.8. The zero-order chi connectivity index (χ0) is 20.6. The molecule has 4 nitrogen and oxygen atoms in total. The van der Waals surface area contributed by atoms with Crippen molar-refractivity contribution >= 4 is 10.1 Å². The minimum atomic E-state index is -3.92. The lowest BCUT2D eigenvalue weighted by molar-refractivity contribution is -0.941. The van der Waals surface area contributed by atoms with Crippen molar-refractivity contribution < 1.29 is 17.5 Å². The molecular weight excluding hydrogens is 358 g/mol. The van der Waals surface area contributed by atoms with Crippen molar-refractivity contribution in [1.82, 2.24) is 0 Å². The van der Waals surface area contributed by atoms with Gasteiger partial charge in [-0.1, -0.05) is 77.3 Å². The summed E-state index contributed by atoms with van der Waals surface area (Å²) in [4.78, 5) is 0. The van der Waals surface area contributed by atoms with Crippen molar-refractivity contribution in [2.75, 3.05) is 25.4 Å². The maximum Gasteiger partial charge on any atom is 0.104 e. The fourth-order valence-electron chi connectivity index (χ4n) is 3.27. The van der Waals surface area contributed by atoms with Crippen LogP contribution in [0.15, 0.2) is 30.3 Å². The summed E-state index contributed by atoms with van der Waals surface area (Å²) in [5, 5.41) is 0. The lowest BCUT2D eigenvalue weighted by Gasteiger charge is -2.39. The Labute approximate surface area is 168 Å². The van der Waals surface area contributed by atoms with Gasteiger partial charge in [0, 0.05) is 11.3 Å². The monoisotopic (exact) mass is 399 g/mol. The Morgan fingerprint density at radius 2 is 1.22 bits per heavy atom. The maximum absolute atomic E-state index is 9.68. The fraction of sp³-hybridized carbons (Fsp3) is 0.727. The molecule has 0 amide bonds. The van der Waals surface area contributed by atoms with Gasteiger partial charge in [-0.2, -0.15) is 0 Å². The molecule has 1 rings (SSSR count). The molecule has 0 unspecified atom stereocenters. The molecule has 158 valence electrons. The first kappa shape index (κ1) is 26.1. The van der Waals surface area contributed by atoms with Crippen LogP contribution in [0.4, 0.5) is 0 Å². The smallest absolute Gasteiger partial charge is 0.104 e. The molecule has 0 radical (unpaired) electrons. The third-order valence-electron chi connectivity index (χ3n) is 4.77. The van der Waals surface area contributed by atoms with E-state index in [1.165, 1.54) is 74.8 Å². The van der Waals surface area contributed by atoms with Crippen molar-refractivity contribution in [2.24, 2.45) is 0 Å². The molecule has 0 aliphatic rings. The maximum atomic E-state index is 9.68. The summed E-state index contributed by atoms with van der Waals surface area (Å²) in [7, 11) is -3.92. The number of hydrogen-bond donors (Lipinski definition) is 0. The second-order valence-corrected chi connectivity index (χ2v) is 9.00. The van der Waals surface area contributed by atoms with Crippen LogP contribution in [0.5, 0.6) is 0 Å². The molecule has 0 aliphatic carbocycles. The van der Waals surface area contributed by atoms with Gasteiger partial charge in [-0.3, -0.25) is 0 Å². The minimum absolute atomic E-state index is 0.243. The predicted octanol–water partition coefficient (Wildman–Crippen LogP) is 5.35. The zero-order valence-electron chi connectivity index (χ0n) is 18.0. The van der Waals surface area contributed by atoms with Crippen molar-refractivity contribution in [1.29, 1.82) is 0 Å². The number of benzene rings is 1. The van der Waals surface area contributed by atoms with Crippen LogP contribution >= 0.6 is 0 Å². The van der Waals surface area contributed by atoms with Crippen LogP contribution < -0.4 is 0 Å². The molecule has 0 spiro atoms. The number of unbranched alkanes of at least 4 members (excludes halogenated alkanes) is 3. The molecule has 1 aromatic carbocycles. The summed E-state index contributed by atoms with van der Waals surface area (Å²) in [6.07, 6.45) is 8.43. The van der Waals surface area contributed by atoms with Gasteiger partial charge in [-0.05, 0) is 25.7 Å². The van der Waals surface area contributed by atoms with Gasteiger partial charge in [-0.15, -0.1) is 0 Å². The average molecular weight is 400 g/mol. The Bertz CT molecular complexity index is 536. The summed E-state index contributed by atoms with van der Waals surface area (Å²) < 4.78 is 30.3. The molecule has 0 N–H and O–H groups in total. The van der Waals surface area contributed by atoms with Crippen molar-refractivity contribution in [2.45, 2.75) is 79.2 Å². The summed E-state index contributed by atoms with van der Waals surface area (Å²) in [5.74, 6) is -0.243. The van der Waals surface area contributed by atoms with Gasteiger partial charge in [0.15, 0.2) is 0 Å². The van der Waals surface area contributed by atoms with E-state index in [1.54, 1.807) is 6.92 Å². The molecule has 1 aromatic rings. The van der Waals surface area contributed by atoms with Crippen LogP contribution in [0.2, 0.25) is 0 Å². The van der Waals surface area contributed by atoms with Gasteiger partial charge in [0.2, 0.25) is 0 Å². The van der Waals surface area contributed by atoms with E-state index in [0.717, 1.165) is 0 Å². The number of quaternary nitrogens is 1. The Morgan fingerprint density at radius 3 is 1.52 bits per heavy atom. The quantitative estimate of drug-likeness (QED) is 0.332. The second-order valence-electron chi connectivity index (χ2n) is 7.48. The highest BCUT2D eigenvalue weighted by Gasteiger charge is 2.25. The van der Waals surface area contributed by atoms with E-state index in [1.807, 2.05) is 0 Å². The van der Waals surface area contributed by atoms with E-state index in [4.69, 9.17) is 0 Å². The van der Waals surface area contributed by atoms with Crippen molar-refractivity contribution in [3.8, 4) is 0 Å². The Hall–Kier alpha value is -0.910. The fourth-order valence-corrected chi connectivity index (χ4v) is 3.77. The molecule has 0 aromatic heterocycles. The van der Waals surface area contributed by atoms with Gasteiger partial charge in [-0.25, -0.2) is 8.42 Å². The largest absolute Gasteiger partial charge is 0.748 e. The number of hydrogen-bond acceptors (Lipinski definition) is 3. The van der Waals surface area contributed by atoms with Gasteiger partial charge in [0.1, 0.15) is 6.54 Å². The number of nitrogens with zero attached hydrogens (tertiary/aromatic N) is 1. The van der Waals surface area contributed by atoms with Crippen LogP contribution in [0.25, 0.3) is 0 Å². The van der Waals surface area contributed by atoms with Crippen LogP contribution in [-0.4, -0.2) is 42.8 Å². The van der Waals surface area contributed by atoms with E-state index >= 15 is 0 Å². The minimum Gasteiger partial charge on any atom is -0.748 e. The van der Waals surface area contributed by atoms with Crippen LogP contribution in [0, 0.1) is 0 Å². The van der Waals surface area contributed by atoms with E-state index in [-0.39, 0.29) is 5.75 Å². The lowest BCUT2D eigenvalue weighted by Crippen LogP contribution is -2.49. The van der Waals surface area contributed by atoms with E-state index < -0.39 is 10.1 Å². The first-order chi connectivity index (χ1) is 12.8. The molecular formula is C22H41NO3S. The Morgan fingerprint density at radius 1 is 0.778 bits per heavy atom. The molecule has 0 fully saturated rings. The van der Waals surface area contributed by atoms with E-state index in [2.05, 4.69) is 51.1 Å². The normalized spacial score (nSPS) is 11.7.